The third kappa shape index (κ3) is 5.17. The summed E-state index contributed by atoms with van der Waals surface area (Å²) < 4.78 is 31.3. The Morgan fingerprint density at radius 3 is 2.16 bits per heavy atom. The molecule has 1 saturated heterocycles. The van der Waals surface area contributed by atoms with Gasteiger partial charge >= 0.3 is 23.9 Å². The summed E-state index contributed by atoms with van der Waals surface area (Å²) in [5.41, 5.74) is 2.05. The maximum Gasteiger partial charge on any atom is 0.303 e. The smallest absolute Gasteiger partial charge is 0.303 e. The van der Waals surface area contributed by atoms with Crippen LogP contribution in [0.3, 0.4) is 0 Å². The zero-order valence-corrected chi connectivity index (χ0v) is 28.9. The van der Waals surface area contributed by atoms with E-state index in [4.69, 9.17) is 23.7 Å². The number of hydrogen-bond acceptors (Lipinski definition) is 12. The van der Waals surface area contributed by atoms with E-state index in [0.29, 0.717) is 38.1 Å². The fourth-order valence-corrected chi connectivity index (χ4v) is 7.37. The molecule has 7 rings (SSSR count). The first-order valence-corrected chi connectivity index (χ1v) is 16.3. The van der Waals surface area contributed by atoms with Crippen molar-refractivity contribution >= 4 is 95.4 Å². The molecule has 0 aliphatic carbocycles. The molecule has 0 bridgehead atoms. The van der Waals surface area contributed by atoms with Gasteiger partial charge in [-0.25, -0.2) is 4.98 Å². The molecule has 1 fully saturated rings. The molecule has 0 radical (unpaired) electrons. The largest absolute Gasteiger partial charge is 0.463 e. The number of aromatic amines is 1. The number of hydrogen-bond donors (Lipinski definition) is 1. The van der Waals surface area contributed by atoms with E-state index in [9.17, 15) is 28.8 Å². The number of benzene rings is 2. The highest BCUT2D eigenvalue weighted by Crippen LogP contribution is 2.47. The van der Waals surface area contributed by atoms with Crippen molar-refractivity contribution < 1.29 is 52.5 Å². The number of imide groups is 1. The van der Waals surface area contributed by atoms with Crippen LogP contribution in [0.5, 0.6) is 0 Å². The number of carbonyl (C=O) groups excluding carboxylic acids is 6. The number of H-pyrrole nitrogens is 1. The molecule has 0 saturated carbocycles. The summed E-state index contributed by atoms with van der Waals surface area (Å²) in [6.07, 6.45) is -5.46. The van der Waals surface area contributed by atoms with Crippen LogP contribution in [-0.4, -0.2) is 93.2 Å². The van der Waals surface area contributed by atoms with Crippen LogP contribution in [0.25, 0.3) is 43.7 Å². The molecule has 2 aliphatic rings. The van der Waals surface area contributed by atoms with Crippen molar-refractivity contribution in [2.45, 2.75) is 58.3 Å². The molecule has 16 heteroatoms. The molecular weight excluding hydrogens is 720 g/mol. The van der Waals surface area contributed by atoms with E-state index in [1.54, 1.807) is 16.7 Å². The number of fused-ring (bicyclic) bond motifs is 10. The van der Waals surface area contributed by atoms with Gasteiger partial charge in [-0.2, -0.15) is 0 Å². The van der Waals surface area contributed by atoms with Gasteiger partial charge in [0.2, 0.25) is 0 Å². The van der Waals surface area contributed by atoms with Crippen LogP contribution in [0.4, 0.5) is 0 Å². The fraction of sp³-hybridized carbons (Fsp3) is 0.324. The van der Waals surface area contributed by atoms with Crippen LogP contribution in [0, 0.1) is 0 Å². The van der Waals surface area contributed by atoms with Crippen molar-refractivity contribution in [2.75, 3.05) is 13.7 Å². The SMILES string of the molecule is CC(=O)OC[C@H]1O[C@@H](n2c3ncccc3c3c4c(c5c6cc(Br)ccc6[nH]c5c32)C(=O)N(C)C4=O)[C@H](OC(C)=O)[C@@H](OC(C)=O)[C@@H]1OC(C)=O. The third-order valence-electron chi connectivity index (χ3n) is 8.77. The third-order valence-corrected chi connectivity index (χ3v) is 9.26. The van der Waals surface area contributed by atoms with Gasteiger partial charge in [-0.05, 0) is 30.3 Å². The second kappa shape index (κ2) is 12.2. The zero-order valence-electron chi connectivity index (χ0n) is 27.3. The summed E-state index contributed by atoms with van der Waals surface area (Å²) in [6, 6.07) is 8.87. The molecule has 5 aromatic rings. The van der Waals surface area contributed by atoms with E-state index in [-0.39, 0.29) is 16.8 Å². The summed E-state index contributed by atoms with van der Waals surface area (Å²) in [5, 5.41) is 1.94. The molecule has 2 aliphatic heterocycles. The van der Waals surface area contributed by atoms with E-state index < -0.39 is 72.9 Å². The van der Waals surface area contributed by atoms with Gasteiger partial charge in [0.25, 0.3) is 11.8 Å². The average molecular weight is 750 g/mol. The number of ether oxygens (including phenoxy) is 5. The lowest BCUT2D eigenvalue weighted by Crippen LogP contribution is -2.60. The van der Waals surface area contributed by atoms with E-state index in [1.807, 2.05) is 18.2 Å². The first-order chi connectivity index (χ1) is 23.8. The van der Waals surface area contributed by atoms with Crippen LogP contribution in [0.2, 0.25) is 0 Å². The Labute approximate surface area is 290 Å². The first kappa shape index (κ1) is 33.2. The number of amides is 2. The summed E-state index contributed by atoms with van der Waals surface area (Å²) in [6.45, 7) is 4.17. The van der Waals surface area contributed by atoms with Gasteiger partial charge in [0.15, 0.2) is 24.5 Å². The predicted octanol–water partition coefficient (Wildman–Crippen LogP) is 4.07. The number of halogens is 1. The number of rotatable bonds is 6. The molecule has 50 heavy (non-hydrogen) atoms. The minimum Gasteiger partial charge on any atom is -0.463 e. The monoisotopic (exact) mass is 748 g/mol. The van der Waals surface area contributed by atoms with Gasteiger partial charge in [0.1, 0.15) is 18.4 Å². The molecule has 2 aromatic carbocycles. The molecule has 5 atom stereocenters. The molecule has 0 unspecified atom stereocenters. The number of esters is 4. The highest BCUT2D eigenvalue weighted by atomic mass is 79.9. The minimum atomic E-state index is -1.48. The van der Waals surface area contributed by atoms with Crippen molar-refractivity contribution in [1.29, 1.82) is 0 Å². The first-order valence-electron chi connectivity index (χ1n) is 15.5. The van der Waals surface area contributed by atoms with E-state index >= 15 is 0 Å². The van der Waals surface area contributed by atoms with Crippen LogP contribution < -0.4 is 0 Å². The van der Waals surface area contributed by atoms with Crippen molar-refractivity contribution in [2.24, 2.45) is 0 Å². The Hall–Kier alpha value is -5.35. The van der Waals surface area contributed by atoms with Crippen LogP contribution in [-0.2, 0) is 42.9 Å². The summed E-state index contributed by atoms with van der Waals surface area (Å²) in [4.78, 5) is 86.5. The standard InChI is InChI=1S/C34H29BrN4O11/c1-13(40)46-12-21-28(47-14(2)41)29(48-15(3)42)30(49-16(4)43)34(50-21)39-27-23(18-7-6-10-36-31(18)39)25-24(32(44)38(5)33(25)45)22-19-11-17(35)8-9-20(19)37-26(22)27/h6-11,21,28-30,34,37H,12H2,1-5H3/t21-,28-,29+,30-,34-/m1/s1. The summed E-state index contributed by atoms with van der Waals surface area (Å²) in [7, 11) is 1.41. The molecule has 1 N–H and O–H groups in total. The Balaban J connectivity index is 1.62. The molecule has 3 aromatic heterocycles. The number of nitrogens with zero attached hydrogens (tertiary/aromatic N) is 3. The normalized spacial score (nSPS) is 22.0. The lowest BCUT2D eigenvalue weighted by atomic mass is 9.96. The Morgan fingerprint density at radius 1 is 0.860 bits per heavy atom. The van der Waals surface area contributed by atoms with Gasteiger partial charge in [-0.15, -0.1) is 0 Å². The summed E-state index contributed by atoms with van der Waals surface area (Å²) in [5.74, 6) is -4.02. The van der Waals surface area contributed by atoms with Gasteiger partial charge in [0, 0.05) is 72.5 Å². The van der Waals surface area contributed by atoms with E-state index in [0.717, 1.165) is 30.1 Å². The van der Waals surface area contributed by atoms with Crippen LogP contribution >= 0.6 is 15.9 Å². The lowest BCUT2D eigenvalue weighted by Gasteiger charge is -2.45. The maximum absolute atomic E-state index is 13.9. The quantitative estimate of drug-likeness (QED) is 0.149. The van der Waals surface area contributed by atoms with Gasteiger partial charge in [0.05, 0.1) is 22.2 Å². The fourth-order valence-electron chi connectivity index (χ4n) is 7.00. The zero-order chi connectivity index (χ0) is 35.8. The number of pyridine rings is 1. The van der Waals surface area contributed by atoms with Gasteiger partial charge in [-0.1, -0.05) is 15.9 Å². The number of aromatic nitrogens is 3. The van der Waals surface area contributed by atoms with Crippen molar-refractivity contribution in [3.63, 3.8) is 0 Å². The number of nitrogens with one attached hydrogen (secondary N) is 1. The second-order valence-electron chi connectivity index (χ2n) is 12.0. The van der Waals surface area contributed by atoms with Gasteiger partial charge in [-0.3, -0.25) is 38.2 Å². The Kier molecular flexibility index (Phi) is 8.10. The average Bonchev–Trinajstić information content (AvgIpc) is 3.66. The predicted molar refractivity (Wildman–Crippen MR) is 178 cm³/mol. The second-order valence-corrected chi connectivity index (χ2v) is 13.0. The van der Waals surface area contributed by atoms with Crippen molar-refractivity contribution in [3.8, 4) is 0 Å². The van der Waals surface area contributed by atoms with Crippen LogP contribution in [0.15, 0.2) is 41.0 Å². The van der Waals surface area contributed by atoms with Crippen molar-refractivity contribution in [3.05, 3.63) is 52.1 Å². The molecule has 258 valence electrons. The molecule has 2 amide bonds. The maximum atomic E-state index is 13.9. The summed E-state index contributed by atoms with van der Waals surface area (Å²) >= 11 is 3.52. The minimum absolute atomic E-state index is 0.142. The highest BCUT2D eigenvalue weighted by molar-refractivity contribution is 9.10. The molecule has 0 spiro atoms. The highest BCUT2D eigenvalue weighted by Gasteiger charge is 2.54. The van der Waals surface area contributed by atoms with Crippen LogP contribution in [0.1, 0.15) is 54.6 Å². The Morgan fingerprint density at radius 2 is 1.50 bits per heavy atom. The lowest BCUT2D eigenvalue weighted by molar-refractivity contribution is -0.267. The van der Waals surface area contributed by atoms with E-state index in [2.05, 4.69) is 25.9 Å². The topological polar surface area (TPSA) is 185 Å². The molecular formula is C34H29BrN4O11. The molecule has 15 nitrogen and oxygen atoms in total. The van der Waals surface area contributed by atoms with Gasteiger partial charge < -0.3 is 28.7 Å². The van der Waals surface area contributed by atoms with Crippen molar-refractivity contribution in [1.82, 2.24) is 19.4 Å². The van der Waals surface area contributed by atoms with E-state index in [1.165, 1.54) is 20.2 Å². The number of carbonyl (C=O) groups is 6. The molecule has 5 heterocycles. The Bertz CT molecular complexity index is 2330.